The van der Waals surface area contributed by atoms with Crippen molar-refractivity contribution in [2.45, 2.75) is 39.5 Å². The van der Waals surface area contributed by atoms with E-state index in [2.05, 4.69) is 67.4 Å². The smallest absolute Gasteiger partial charge is 0.222 e. The van der Waals surface area contributed by atoms with Crippen molar-refractivity contribution in [3.63, 3.8) is 0 Å². The lowest BCUT2D eigenvalue weighted by Crippen LogP contribution is -1.84. The lowest BCUT2D eigenvalue weighted by atomic mass is 10.1. The molecule has 1 aromatic heterocycles. The van der Waals surface area contributed by atoms with Gasteiger partial charge in [-0.2, -0.15) is 0 Å². The van der Waals surface area contributed by atoms with Gasteiger partial charge in [0.2, 0.25) is 5.89 Å². The Bertz CT molecular complexity index is 813. The molecule has 0 aliphatic rings. The minimum absolute atomic E-state index is 0.767. The molecule has 2 aromatic carbocycles. The molecule has 0 amide bonds. The molecule has 0 saturated carbocycles. The van der Waals surface area contributed by atoms with Crippen LogP contribution in [0.2, 0.25) is 0 Å². The topological polar surface area (TPSA) is 26.0 Å². The van der Waals surface area contributed by atoms with Crippen LogP contribution >= 0.6 is 0 Å². The van der Waals surface area contributed by atoms with Gasteiger partial charge in [0.15, 0.2) is 5.76 Å². The van der Waals surface area contributed by atoms with E-state index < -0.39 is 0 Å². The van der Waals surface area contributed by atoms with Crippen LogP contribution in [0.3, 0.4) is 0 Å². The van der Waals surface area contributed by atoms with E-state index in [9.17, 15) is 0 Å². The molecule has 118 valence electrons. The highest BCUT2D eigenvalue weighted by molar-refractivity contribution is 5.86. The van der Waals surface area contributed by atoms with E-state index in [1.165, 1.54) is 16.3 Å². The zero-order valence-electron chi connectivity index (χ0n) is 13.9. The lowest BCUT2D eigenvalue weighted by Gasteiger charge is -2.02. The first kappa shape index (κ1) is 15.5. The first-order valence-electron chi connectivity index (χ1n) is 8.46. The average Bonchev–Trinajstić information content (AvgIpc) is 3.08. The molecule has 0 spiro atoms. The van der Waals surface area contributed by atoms with Crippen LogP contribution < -0.4 is 0 Å². The molecule has 3 aromatic rings. The first-order valence-corrected chi connectivity index (χ1v) is 8.46. The van der Waals surface area contributed by atoms with Gasteiger partial charge in [-0.3, -0.25) is 0 Å². The van der Waals surface area contributed by atoms with Crippen molar-refractivity contribution >= 4 is 16.3 Å². The molecule has 0 bridgehead atoms. The third-order valence-corrected chi connectivity index (χ3v) is 4.01. The summed E-state index contributed by atoms with van der Waals surface area (Å²) in [5, 5.41) is 2.46. The minimum Gasteiger partial charge on any atom is -0.437 e. The molecule has 0 fully saturated rings. The third-order valence-electron chi connectivity index (χ3n) is 4.01. The number of benzene rings is 2. The number of oxazole rings is 1. The second-order valence-electron chi connectivity index (χ2n) is 5.86. The molecule has 0 N–H and O–H groups in total. The van der Waals surface area contributed by atoms with Gasteiger partial charge in [0.25, 0.3) is 0 Å². The predicted octanol–water partition coefficient (Wildman–Crippen LogP) is 6.48. The number of hydrogen-bond donors (Lipinski definition) is 0. The SMILES string of the molecule is CCC/C=C(\CCC)c1ncc(-c2ccc3ccccc3c2)o1. The first-order chi connectivity index (χ1) is 11.3. The van der Waals surface area contributed by atoms with Crippen LogP contribution in [0.15, 0.2) is 59.2 Å². The zero-order chi connectivity index (χ0) is 16.1. The van der Waals surface area contributed by atoms with Gasteiger partial charge in [0.05, 0.1) is 6.20 Å². The Balaban J connectivity index is 1.93. The summed E-state index contributed by atoms with van der Waals surface area (Å²) in [5.74, 6) is 1.60. The maximum Gasteiger partial charge on any atom is 0.222 e. The molecular formula is C21H23NO. The van der Waals surface area contributed by atoms with E-state index in [1.807, 2.05) is 6.20 Å². The molecule has 23 heavy (non-hydrogen) atoms. The third kappa shape index (κ3) is 3.53. The van der Waals surface area contributed by atoms with Gasteiger partial charge in [-0.1, -0.05) is 69.2 Å². The highest BCUT2D eigenvalue weighted by Crippen LogP contribution is 2.28. The lowest BCUT2D eigenvalue weighted by molar-refractivity contribution is 0.551. The largest absolute Gasteiger partial charge is 0.437 e. The fraction of sp³-hybridized carbons (Fsp3) is 0.286. The highest BCUT2D eigenvalue weighted by Gasteiger charge is 2.10. The van der Waals surface area contributed by atoms with Crippen molar-refractivity contribution in [1.82, 2.24) is 4.98 Å². The van der Waals surface area contributed by atoms with Crippen LogP contribution in [0.4, 0.5) is 0 Å². The van der Waals surface area contributed by atoms with Gasteiger partial charge in [0, 0.05) is 11.1 Å². The number of unbranched alkanes of at least 4 members (excludes halogenated alkanes) is 1. The second-order valence-corrected chi connectivity index (χ2v) is 5.86. The number of rotatable bonds is 6. The molecular weight excluding hydrogens is 282 g/mol. The maximum absolute atomic E-state index is 6.05. The summed E-state index contributed by atoms with van der Waals surface area (Å²) < 4.78 is 6.05. The maximum atomic E-state index is 6.05. The Morgan fingerprint density at radius 2 is 1.87 bits per heavy atom. The fourth-order valence-corrected chi connectivity index (χ4v) is 2.78. The van der Waals surface area contributed by atoms with E-state index in [0.29, 0.717) is 0 Å². The Labute approximate surface area is 137 Å². The van der Waals surface area contributed by atoms with Crippen LogP contribution in [0.1, 0.15) is 45.4 Å². The fourth-order valence-electron chi connectivity index (χ4n) is 2.78. The van der Waals surface area contributed by atoms with Crippen LogP contribution in [0.25, 0.3) is 27.7 Å². The van der Waals surface area contributed by atoms with E-state index >= 15 is 0 Å². The van der Waals surface area contributed by atoms with E-state index in [1.54, 1.807) is 0 Å². The quantitative estimate of drug-likeness (QED) is 0.521. The molecule has 0 saturated heterocycles. The summed E-state index contributed by atoms with van der Waals surface area (Å²) in [7, 11) is 0. The van der Waals surface area contributed by atoms with E-state index in [4.69, 9.17) is 4.42 Å². The number of aromatic nitrogens is 1. The van der Waals surface area contributed by atoms with Crippen molar-refractivity contribution in [3.8, 4) is 11.3 Å². The summed E-state index contributed by atoms with van der Waals surface area (Å²) in [6.07, 6.45) is 8.43. The Hall–Kier alpha value is -2.35. The monoisotopic (exact) mass is 305 g/mol. The van der Waals surface area contributed by atoms with Gasteiger partial charge in [0.1, 0.15) is 0 Å². The molecule has 1 heterocycles. The molecule has 0 unspecified atom stereocenters. The van der Waals surface area contributed by atoms with Gasteiger partial charge in [-0.05, 0) is 29.7 Å². The zero-order valence-corrected chi connectivity index (χ0v) is 13.9. The predicted molar refractivity (Wildman–Crippen MR) is 97.2 cm³/mol. The second kappa shape index (κ2) is 7.28. The van der Waals surface area contributed by atoms with E-state index in [-0.39, 0.29) is 0 Å². The molecule has 3 rings (SSSR count). The Morgan fingerprint density at radius 1 is 1.04 bits per heavy atom. The summed E-state index contributed by atoms with van der Waals surface area (Å²) >= 11 is 0. The van der Waals surface area contributed by atoms with Gasteiger partial charge in [-0.25, -0.2) is 4.98 Å². The summed E-state index contributed by atoms with van der Waals surface area (Å²) in [6, 6.07) is 14.8. The Morgan fingerprint density at radius 3 is 2.65 bits per heavy atom. The van der Waals surface area contributed by atoms with Crippen LogP contribution in [0, 0.1) is 0 Å². The molecule has 0 aliphatic carbocycles. The molecule has 0 radical (unpaired) electrons. The molecule has 2 heteroatoms. The van der Waals surface area contributed by atoms with Crippen molar-refractivity contribution in [1.29, 1.82) is 0 Å². The van der Waals surface area contributed by atoms with Crippen molar-refractivity contribution in [2.24, 2.45) is 0 Å². The van der Waals surface area contributed by atoms with E-state index in [0.717, 1.165) is 42.9 Å². The Kier molecular flexibility index (Phi) is 4.92. The number of fused-ring (bicyclic) bond motifs is 1. The van der Waals surface area contributed by atoms with Crippen molar-refractivity contribution < 1.29 is 4.42 Å². The van der Waals surface area contributed by atoms with Gasteiger partial charge in [-0.15, -0.1) is 0 Å². The van der Waals surface area contributed by atoms with Crippen molar-refractivity contribution in [2.75, 3.05) is 0 Å². The average molecular weight is 305 g/mol. The summed E-state index contributed by atoms with van der Waals surface area (Å²) in [4.78, 5) is 4.51. The van der Waals surface area contributed by atoms with Crippen molar-refractivity contribution in [3.05, 3.63) is 60.6 Å². The van der Waals surface area contributed by atoms with Crippen LogP contribution in [-0.4, -0.2) is 4.98 Å². The van der Waals surface area contributed by atoms with Crippen LogP contribution in [-0.2, 0) is 0 Å². The minimum atomic E-state index is 0.767. The van der Waals surface area contributed by atoms with Crippen LogP contribution in [0.5, 0.6) is 0 Å². The standard InChI is InChI=1S/C21H23NO/c1-3-5-9-17(8-4-2)21-22-15-20(23-21)19-13-12-16-10-6-7-11-18(16)14-19/h6-7,9-15H,3-5,8H2,1-2H3/b17-9+. The molecule has 0 atom stereocenters. The molecule has 2 nitrogen and oxygen atoms in total. The normalized spacial score (nSPS) is 12.0. The summed E-state index contributed by atoms with van der Waals surface area (Å²) in [5.41, 5.74) is 2.30. The van der Waals surface area contributed by atoms with Gasteiger partial charge < -0.3 is 4.42 Å². The number of nitrogens with zero attached hydrogens (tertiary/aromatic N) is 1. The number of hydrogen-bond acceptors (Lipinski definition) is 2. The highest BCUT2D eigenvalue weighted by atomic mass is 16.4. The summed E-state index contributed by atoms with van der Waals surface area (Å²) in [6.45, 7) is 4.38. The number of allylic oxidation sites excluding steroid dienone is 2. The van der Waals surface area contributed by atoms with Gasteiger partial charge >= 0.3 is 0 Å². The molecule has 0 aliphatic heterocycles.